The molecule has 0 fully saturated rings. The van der Waals surface area contributed by atoms with Crippen molar-refractivity contribution < 1.29 is 20.4 Å². The van der Waals surface area contributed by atoms with Gasteiger partial charge in [0.2, 0.25) is 0 Å². The summed E-state index contributed by atoms with van der Waals surface area (Å²) in [6.07, 6.45) is 1.21. The molecule has 4 unspecified atom stereocenters. The van der Waals surface area contributed by atoms with E-state index in [-0.39, 0.29) is 0 Å². The molecule has 0 heterocycles. The lowest BCUT2D eigenvalue weighted by atomic mass is 10.1. The minimum Gasteiger partial charge on any atom is -0.379 e. The van der Waals surface area contributed by atoms with E-state index in [1.165, 1.54) is 0 Å². The van der Waals surface area contributed by atoms with Crippen LogP contribution in [0.2, 0.25) is 0 Å². The molecule has 0 aromatic carbocycles. The van der Waals surface area contributed by atoms with Gasteiger partial charge in [0.1, 0.15) is 24.9 Å². The van der Waals surface area contributed by atoms with Gasteiger partial charge in [0.25, 0.3) is 0 Å². The van der Waals surface area contributed by atoms with E-state index in [1.807, 2.05) is 0 Å². The van der Waals surface area contributed by atoms with Gasteiger partial charge in [-0.25, -0.2) is 0 Å². The van der Waals surface area contributed by atoms with Gasteiger partial charge >= 0.3 is 0 Å². The Labute approximate surface area is 122 Å². The number of aliphatic hydroxyl groups excluding tert-OH is 4. The van der Waals surface area contributed by atoms with Gasteiger partial charge in [0.15, 0.2) is 0 Å². The summed E-state index contributed by atoms with van der Waals surface area (Å²) in [6, 6.07) is 0. The van der Waals surface area contributed by atoms with E-state index >= 15 is 0 Å². The van der Waals surface area contributed by atoms with Gasteiger partial charge in [-0.1, -0.05) is 12.8 Å². The second-order valence-electron chi connectivity index (χ2n) is 5.42. The summed E-state index contributed by atoms with van der Waals surface area (Å²) in [7, 11) is 0. The van der Waals surface area contributed by atoms with Crippen LogP contribution in [0.4, 0.5) is 0 Å². The van der Waals surface area contributed by atoms with Crippen molar-refractivity contribution in [3.63, 3.8) is 0 Å². The lowest BCUT2D eigenvalue weighted by molar-refractivity contribution is -0.0867. The van der Waals surface area contributed by atoms with E-state index in [2.05, 4.69) is 0 Å². The van der Waals surface area contributed by atoms with Gasteiger partial charge in [-0.15, -0.1) is 0 Å². The smallest absolute Gasteiger partial charge is 0.106 e. The predicted molar refractivity (Wildman–Crippen MR) is 78.6 cm³/mol. The quantitative estimate of drug-likeness (QED) is 0.328. The topological polar surface area (TPSA) is 87.4 Å². The van der Waals surface area contributed by atoms with Crippen molar-refractivity contribution in [2.75, 3.05) is 13.1 Å². The minimum absolute atomic E-state index is 0.643. The van der Waals surface area contributed by atoms with E-state index in [0.29, 0.717) is 13.1 Å². The Morgan fingerprint density at radius 1 is 0.550 bits per heavy atom. The minimum atomic E-state index is -0.643. The van der Waals surface area contributed by atoms with E-state index in [9.17, 15) is 20.4 Å². The number of nitrogens with zero attached hydrogens (tertiary/aromatic N) is 2. The second-order valence-corrected chi connectivity index (χ2v) is 5.42. The number of rotatable bonds is 11. The SMILES string of the molecule is CC(O)N(CCCCCCN(C(C)O)C(C)O)C(C)O. The lowest BCUT2D eigenvalue weighted by Crippen LogP contribution is -2.41. The van der Waals surface area contributed by atoms with Gasteiger partial charge in [-0.3, -0.25) is 9.80 Å². The van der Waals surface area contributed by atoms with Crippen LogP contribution in [0, 0.1) is 0 Å². The Morgan fingerprint density at radius 2 is 0.800 bits per heavy atom. The van der Waals surface area contributed by atoms with Crippen molar-refractivity contribution in [1.82, 2.24) is 9.80 Å². The van der Waals surface area contributed by atoms with Crippen LogP contribution in [0.5, 0.6) is 0 Å². The maximum atomic E-state index is 9.48. The molecular weight excluding hydrogens is 260 g/mol. The molecule has 0 aliphatic carbocycles. The van der Waals surface area contributed by atoms with Crippen molar-refractivity contribution in [1.29, 1.82) is 0 Å². The number of unbranched alkanes of at least 4 members (excludes halogenated alkanes) is 3. The van der Waals surface area contributed by atoms with Crippen LogP contribution in [-0.2, 0) is 0 Å². The summed E-state index contributed by atoms with van der Waals surface area (Å²) in [6.45, 7) is 7.91. The first-order chi connectivity index (χ1) is 9.27. The maximum absolute atomic E-state index is 9.48. The molecule has 0 radical (unpaired) electrons. The van der Waals surface area contributed by atoms with Crippen molar-refractivity contribution in [3.8, 4) is 0 Å². The summed E-state index contributed by atoms with van der Waals surface area (Å²) in [5, 5.41) is 37.9. The fourth-order valence-electron chi connectivity index (χ4n) is 2.31. The first kappa shape index (κ1) is 19.8. The maximum Gasteiger partial charge on any atom is 0.106 e. The third kappa shape index (κ3) is 8.14. The summed E-state index contributed by atoms with van der Waals surface area (Å²) < 4.78 is 0. The molecule has 20 heavy (non-hydrogen) atoms. The van der Waals surface area contributed by atoms with Crippen molar-refractivity contribution in [3.05, 3.63) is 0 Å². The zero-order valence-corrected chi connectivity index (χ0v) is 13.2. The molecule has 0 bridgehead atoms. The molecule has 0 amide bonds. The zero-order valence-electron chi connectivity index (χ0n) is 13.2. The van der Waals surface area contributed by atoms with Crippen LogP contribution in [0.1, 0.15) is 53.4 Å². The summed E-state index contributed by atoms with van der Waals surface area (Å²) in [4.78, 5) is 3.27. The Kier molecular flexibility index (Phi) is 10.4. The highest BCUT2D eigenvalue weighted by Gasteiger charge is 2.16. The van der Waals surface area contributed by atoms with Gasteiger partial charge < -0.3 is 20.4 Å². The van der Waals surface area contributed by atoms with Crippen LogP contribution in [0.3, 0.4) is 0 Å². The predicted octanol–water partition coefficient (Wildman–Crippen LogP) is 0.504. The second kappa shape index (κ2) is 10.5. The molecule has 6 heteroatoms. The molecule has 0 aliphatic heterocycles. The highest BCUT2D eigenvalue weighted by Crippen LogP contribution is 2.09. The number of hydrogen-bond acceptors (Lipinski definition) is 6. The molecule has 0 saturated heterocycles. The largest absolute Gasteiger partial charge is 0.379 e. The molecule has 0 aromatic heterocycles. The van der Waals surface area contributed by atoms with Gasteiger partial charge in [0.05, 0.1) is 0 Å². The van der Waals surface area contributed by atoms with E-state index in [0.717, 1.165) is 25.7 Å². The summed E-state index contributed by atoms with van der Waals surface area (Å²) in [5.74, 6) is 0. The molecule has 4 N–H and O–H groups in total. The summed E-state index contributed by atoms with van der Waals surface area (Å²) in [5.41, 5.74) is 0. The van der Waals surface area contributed by atoms with Crippen molar-refractivity contribution >= 4 is 0 Å². The Bertz CT molecular complexity index is 195. The van der Waals surface area contributed by atoms with Crippen LogP contribution >= 0.6 is 0 Å². The fourth-order valence-corrected chi connectivity index (χ4v) is 2.31. The molecule has 0 aromatic rings. The normalized spacial score (nSPS) is 18.3. The van der Waals surface area contributed by atoms with E-state index < -0.39 is 24.9 Å². The standard InChI is InChI=1S/C14H32N2O4/c1-11(17)15(12(2)18)9-7-5-6-8-10-16(13(3)19)14(4)20/h11-14,17-20H,5-10H2,1-4H3. The van der Waals surface area contributed by atoms with Gasteiger partial charge in [-0.05, 0) is 40.5 Å². The average molecular weight is 292 g/mol. The van der Waals surface area contributed by atoms with E-state index in [1.54, 1.807) is 37.5 Å². The van der Waals surface area contributed by atoms with Crippen LogP contribution in [0.25, 0.3) is 0 Å². The molecule has 0 aliphatic rings. The highest BCUT2D eigenvalue weighted by atomic mass is 16.3. The summed E-state index contributed by atoms with van der Waals surface area (Å²) >= 11 is 0. The van der Waals surface area contributed by atoms with Crippen LogP contribution in [0.15, 0.2) is 0 Å². The average Bonchev–Trinajstić information content (AvgIpc) is 2.30. The van der Waals surface area contributed by atoms with Gasteiger partial charge in [-0.2, -0.15) is 0 Å². The molecular formula is C14H32N2O4. The van der Waals surface area contributed by atoms with Gasteiger partial charge in [0, 0.05) is 13.1 Å². The third-order valence-electron chi connectivity index (χ3n) is 3.50. The molecule has 0 spiro atoms. The van der Waals surface area contributed by atoms with E-state index in [4.69, 9.17) is 0 Å². The fraction of sp³-hybridized carbons (Fsp3) is 1.00. The Hall–Kier alpha value is -0.240. The molecule has 122 valence electrons. The Balaban J connectivity index is 3.76. The number of hydrogen-bond donors (Lipinski definition) is 4. The van der Waals surface area contributed by atoms with Crippen molar-refractivity contribution in [2.24, 2.45) is 0 Å². The zero-order chi connectivity index (χ0) is 15.7. The van der Waals surface area contributed by atoms with Crippen LogP contribution in [-0.4, -0.2) is 68.2 Å². The highest BCUT2D eigenvalue weighted by molar-refractivity contribution is 4.62. The number of aliphatic hydroxyl groups is 4. The van der Waals surface area contributed by atoms with Crippen LogP contribution < -0.4 is 0 Å². The monoisotopic (exact) mass is 292 g/mol. The molecule has 0 rings (SSSR count). The molecule has 4 atom stereocenters. The molecule has 0 saturated carbocycles. The first-order valence-electron chi connectivity index (χ1n) is 7.51. The molecule has 6 nitrogen and oxygen atoms in total. The third-order valence-corrected chi connectivity index (χ3v) is 3.50. The Morgan fingerprint density at radius 3 is 1.00 bits per heavy atom. The lowest BCUT2D eigenvalue weighted by Gasteiger charge is -2.28. The van der Waals surface area contributed by atoms with Crippen molar-refractivity contribution in [2.45, 2.75) is 78.3 Å². The first-order valence-corrected chi connectivity index (χ1v) is 7.51.